The molecule has 0 unspecified atom stereocenters. The lowest BCUT2D eigenvalue weighted by Crippen LogP contribution is -1.98. The van der Waals surface area contributed by atoms with Crippen molar-refractivity contribution >= 4 is 75.9 Å². The van der Waals surface area contributed by atoms with Gasteiger partial charge in [-0.05, 0) is 97.0 Å². The molecule has 0 saturated heterocycles. The van der Waals surface area contributed by atoms with Gasteiger partial charge in [0, 0.05) is 32.9 Å². The van der Waals surface area contributed by atoms with E-state index in [4.69, 9.17) is 0 Å². The summed E-state index contributed by atoms with van der Waals surface area (Å²) in [4.78, 5) is 0. The highest BCUT2D eigenvalue weighted by atomic mass is 15.0. The summed E-state index contributed by atoms with van der Waals surface area (Å²) >= 11 is 0. The van der Waals surface area contributed by atoms with Crippen LogP contribution in [0, 0.1) is 0 Å². The van der Waals surface area contributed by atoms with E-state index in [-0.39, 0.29) is 0 Å². The van der Waals surface area contributed by atoms with Gasteiger partial charge in [-0.15, -0.1) is 0 Å². The molecule has 0 atom stereocenters. The van der Waals surface area contributed by atoms with Gasteiger partial charge < -0.3 is 9.13 Å². The maximum atomic E-state index is 2.48. The van der Waals surface area contributed by atoms with E-state index in [1.807, 2.05) is 0 Å². The Morgan fingerprint density at radius 1 is 0.278 bits per heavy atom. The molecule has 12 rings (SSSR count). The molecule has 0 amide bonds. The zero-order valence-electron chi connectivity index (χ0n) is 29.4. The summed E-state index contributed by atoms with van der Waals surface area (Å²) < 4.78 is 4.93. The number of nitrogens with zero attached hydrogens (tertiary/aromatic N) is 2. The smallest absolute Gasteiger partial charge is 0.0788 e. The van der Waals surface area contributed by atoms with E-state index < -0.39 is 0 Å². The lowest BCUT2D eigenvalue weighted by atomic mass is 9.87. The molecule has 0 aliphatic carbocycles. The standard InChI is InChI=1S/C52H32N2/c1-4-12-33(13-5-1)39-25-20-34-23-28-43-40(26-21-35-22-27-42(39)49(34)50(35)43)36-24-31-48-46(32-36)45-30-29-44-41-18-10-11-19-47(41)53(37-14-6-2-7-15-37)51(44)52(45)54(48)38-16-8-3-9-17-38/h1-32H. The van der Waals surface area contributed by atoms with E-state index in [1.54, 1.807) is 0 Å². The molecule has 10 aromatic carbocycles. The molecule has 0 radical (unpaired) electrons. The zero-order valence-corrected chi connectivity index (χ0v) is 29.4. The first kappa shape index (κ1) is 29.4. The normalized spacial score (nSPS) is 12.1. The molecule has 2 heteroatoms. The molecule has 0 N–H and O–H groups in total. The van der Waals surface area contributed by atoms with Gasteiger partial charge in [0.25, 0.3) is 0 Å². The fourth-order valence-corrected chi connectivity index (χ4v) is 9.33. The second-order valence-corrected chi connectivity index (χ2v) is 14.5. The Kier molecular flexibility index (Phi) is 6.09. The Hall–Kier alpha value is -7.16. The lowest BCUT2D eigenvalue weighted by Gasteiger charge is -2.16. The second-order valence-electron chi connectivity index (χ2n) is 14.5. The van der Waals surface area contributed by atoms with Gasteiger partial charge in [-0.25, -0.2) is 0 Å². The summed E-state index contributed by atoms with van der Waals surface area (Å²) in [5.74, 6) is 0. The predicted molar refractivity (Wildman–Crippen MR) is 230 cm³/mol. The molecule has 0 bridgehead atoms. The highest BCUT2D eigenvalue weighted by Gasteiger charge is 2.22. The maximum Gasteiger partial charge on any atom is 0.0788 e. The third kappa shape index (κ3) is 4.05. The van der Waals surface area contributed by atoms with Crippen LogP contribution in [-0.4, -0.2) is 9.13 Å². The summed E-state index contributed by atoms with van der Waals surface area (Å²) in [7, 11) is 0. The number of para-hydroxylation sites is 3. The van der Waals surface area contributed by atoms with Crippen molar-refractivity contribution in [3.63, 3.8) is 0 Å². The lowest BCUT2D eigenvalue weighted by molar-refractivity contribution is 1.15. The van der Waals surface area contributed by atoms with Crippen molar-refractivity contribution in [2.24, 2.45) is 0 Å². The van der Waals surface area contributed by atoms with Crippen LogP contribution < -0.4 is 0 Å². The van der Waals surface area contributed by atoms with Gasteiger partial charge in [0.05, 0.1) is 22.1 Å². The first-order chi connectivity index (χ1) is 26.8. The van der Waals surface area contributed by atoms with Crippen LogP contribution in [0.3, 0.4) is 0 Å². The molecule has 0 aliphatic heterocycles. The van der Waals surface area contributed by atoms with Gasteiger partial charge in [-0.2, -0.15) is 0 Å². The van der Waals surface area contributed by atoms with E-state index in [0.717, 1.165) is 11.4 Å². The monoisotopic (exact) mass is 684 g/mol. The number of benzene rings is 10. The van der Waals surface area contributed by atoms with Gasteiger partial charge in [0.1, 0.15) is 0 Å². The number of fused-ring (bicyclic) bond motifs is 7. The summed E-state index contributed by atoms with van der Waals surface area (Å²) in [5, 5.41) is 12.8. The van der Waals surface area contributed by atoms with Crippen molar-refractivity contribution in [2.75, 3.05) is 0 Å². The predicted octanol–water partition coefficient (Wildman–Crippen LogP) is 14.1. The first-order valence-corrected chi connectivity index (χ1v) is 18.7. The Morgan fingerprint density at radius 3 is 1.35 bits per heavy atom. The van der Waals surface area contributed by atoms with Crippen LogP contribution in [0.4, 0.5) is 0 Å². The number of rotatable bonds is 4. The molecule has 12 aromatic rings. The number of hydrogen-bond acceptors (Lipinski definition) is 0. The van der Waals surface area contributed by atoms with Crippen molar-refractivity contribution in [3.8, 4) is 33.6 Å². The highest BCUT2D eigenvalue weighted by molar-refractivity contribution is 6.28. The largest absolute Gasteiger partial charge is 0.307 e. The molecule has 0 fully saturated rings. The average Bonchev–Trinajstić information content (AvgIpc) is 3.76. The third-order valence-electron chi connectivity index (χ3n) is 11.7. The third-order valence-corrected chi connectivity index (χ3v) is 11.7. The average molecular weight is 685 g/mol. The summed E-state index contributed by atoms with van der Waals surface area (Å²) in [6.45, 7) is 0. The molecule has 250 valence electrons. The van der Waals surface area contributed by atoms with E-state index in [1.165, 1.54) is 98.2 Å². The van der Waals surface area contributed by atoms with Crippen molar-refractivity contribution in [1.29, 1.82) is 0 Å². The summed E-state index contributed by atoms with van der Waals surface area (Å²) in [6.07, 6.45) is 0. The molecule has 2 nitrogen and oxygen atoms in total. The van der Waals surface area contributed by atoms with E-state index >= 15 is 0 Å². The Labute approximate surface area is 311 Å². The fourth-order valence-electron chi connectivity index (χ4n) is 9.33. The van der Waals surface area contributed by atoms with Gasteiger partial charge >= 0.3 is 0 Å². The Bertz CT molecular complexity index is 3410. The van der Waals surface area contributed by atoms with Crippen molar-refractivity contribution < 1.29 is 0 Å². The molecule has 2 aromatic heterocycles. The minimum atomic E-state index is 1.15. The van der Waals surface area contributed by atoms with Crippen LogP contribution in [0.5, 0.6) is 0 Å². The Morgan fingerprint density at radius 2 is 0.741 bits per heavy atom. The van der Waals surface area contributed by atoms with Crippen LogP contribution in [-0.2, 0) is 0 Å². The minimum Gasteiger partial charge on any atom is -0.307 e. The molecule has 0 spiro atoms. The first-order valence-electron chi connectivity index (χ1n) is 18.7. The molecular formula is C52H32N2. The van der Waals surface area contributed by atoms with Crippen LogP contribution in [0.1, 0.15) is 0 Å². The fraction of sp³-hybridized carbons (Fsp3) is 0. The van der Waals surface area contributed by atoms with E-state index in [2.05, 4.69) is 203 Å². The van der Waals surface area contributed by atoms with E-state index in [0.29, 0.717) is 0 Å². The highest BCUT2D eigenvalue weighted by Crippen LogP contribution is 2.45. The Balaban J connectivity index is 1.17. The molecular weight excluding hydrogens is 653 g/mol. The van der Waals surface area contributed by atoms with Crippen LogP contribution in [0.2, 0.25) is 0 Å². The van der Waals surface area contributed by atoms with Gasteiger partial charge in [0.15, 0.2) is 0 Å². The maximum absolute atomic E-state index is 2.48. The van der Waals surface area contributed by atoms with Crippen molar-refractivity contribution in [2.45, 2.75) is 0 Å². The SMILES string of the molecule is c1ccc(-c2ccc3ccc4c(-c5ccc6c(c5)c5ccc7c8ccccc8n(-c8ccccc8)c7c5n6-c5ccccc5)ccc5ccc2c3c54)cc1. The molecule has 2 heterocycles. The number of aromatic nitrogens is 2. The summed E-state index contributed by atoms with van der Waals surface area (Å²) in [6, 6.07) is 71.4. The minimum absolute atomic E-state index is 1.15. The second kappa shape index (κ2) is 11.2. The van der Waals surface area contributed by atoms with Crippen molar-refractivity contribution in [1.82, 2.24) is 9.13 Å². The van der Waals surface area contributed by atoms with Crippen LogP contribution in [0.25, 0.3) is 110 Å². The molecule has 0 saturated carbocycles. The number of hydrogen-bond donors (Lipinski definition) is 0. The van der Waals surface area contributed by atoms with E-state index in [9.17, 15) is 0 Å². The topological polar surface area (TPSA) is 9.86 Å². The molecule has 54 heavy (non-hydrogen) atoms. The quantitative estimate of drug-likeness (QED) is 0.163. The van der Waals surface area contributed by atoms with Gasteiger partial charge in [-0.3, -0.25) is 0 Å². The van der Waals surface area contributed by atoms with Crippen LogP contribution >= 0.6 is 0 Å². The van der Waals surface area contributed by atoms with Crippen molar-refractivity contribution in [3.05, 3.63) is 194 Å². The van der Waals surface area contributed by atoms with Gasteiger partial charge in [-0.1, -0.05) is 152 Å². The molecule has 0 aliphatic rings. The van der Waals surface area contributed by atoms with Crippen LogP contribution in [0.15, 0.2) is 194 Å². The summed E-state index contributed by atoms with van der Waals surface area (Å²) in [5.41, 5.74) is 12.2. The van der Waals surface area contributed by atoms with Gasteiger partial charge in [0.2, 0.25) is 0 Å². The zero-order chi connectivity index (χ0) is 35.3.